The normalized spacial score (nSPS) is 25.3. The van der Waals surface area contributed by atoms with Gasteiger partial charge in [0.2, 0.25) is 21.8 Å². The summed E-state index contributed by atoms with van der Waals surface area (Å²) in [5.74, 6) is -1.83. The molecule has 3 unspecified atom stereocenters. The number of hydrogen-bond acceptors (Lipinski definition) is 8. The van der Waals surface area contributed by atoms with Gasteiger partial charge in [0.15, 0.2) is 0 Å². The van der Waals surface area contributed by atoms with Crippen LogP contribution in [0.5, 0.6) is 0 Å². The topological polar surface area (TPSA) is 168 Å². The maximum Gasteiger partial charge on any atom is 0.408 e. The first-order valence-electron chi connectivity index (χ1n) is 19.3. The van der Waals surface area contributed by atoms with Crippen LogP contribution in [0.3, 0.4) is 0 Å². The number of unbranched alkanes of at least 4 members (excludes halogenated alkanes) is 1. The van der Waals surface area contributed by atoms with E-state index in [4.69, 9.17) is 4.74 Å². The Labute approximate surface area is 323 Å². The summed E-state index contributed by atoms with van der Waals surface area (Å²) >= 11 is 0. The van der Waals surface area contributed by atoms with Crippen LogP contribution in [0.15, 0.2) is 48.6 Å². The standard InChI is InChI=1S/C40H58N4O8S2/c1-8-9-23-53(49)40(30-17-15-29(16-18-30)28-13-11-10-12-14-28)24-32(34(45)42-39(21-22-39)36(47)43-54(50,51)31-19-20-31)44(25-40)35(46)33(38(5,6)7)41-37(48)52-27(4)26(2)3/h10-17,26-27,30-33H,8-9,18-25H2,1-7H3,(H,41,48)(H,42,45)(H,43,47)/t27?,30?,32-,33+,40-,53?/m0/s1. The summed E-state index contributed by atoms with van der Waals surface area (Å²) in [7, 11) is -5.35. The Kier molecular flexibility index (Phi) is 12.6. The Morgan fingerprint density at radius 3 is 2.26 bits per heavy atom. The zero-order valence-electron chi connectivity index (χ0n) is 32.7. The molecule has 298 valence electrons. The SMILES string of the molecule is CCCCS(=O)[C@@]1(C2C=CC(c3ccccc3)=CC2)C[C@@H](C(=O)NC2(C(=O)NS(=O)(=O)C3CC3)CC2)N(C(=O)[C@@H](NC(=O)OC(C)C(C)C)C(C)(C)C)C1. The molecule has 1 heterocycles. The number of nitrogens with zero attached hydrogens (tertiary/aromatic N) is 1. The highest BCUT2D eigenvalue weighted by Crippen LogP contribution is 2.45. The van der Waals surface area contributed by atoms with Crippen LogP contribution in [-0.4, -0.2) is 87.4 Å². The molecule has 0 aromatic heterocycles. The van der Waals surface area contributed by atoms with Gasteiger partial charge in [0.1, 0.15) is 23.7 Å². The molecule has 0 bridgehead atoms. The summed E-state index contributed by atoms with van der Waals surface area (Å²) in [6.07, 6.45) is 8.47. The number of hydrogen-bond donors (Lipinski definition) is 3. The second kappa shape index (κ2) is 16.3. The maximum atomic E-state index is 14.9. The summed E-state index contributed by atoms with van der Waals surface area (Å²) in [5.41, 5.74) is -0.187. The maximum absolute atomic E-state index is 14.9. The number of amides is 4. The van der Waals surface area contributed by atoms with Crippen molar-refractivity contribution >= 4 is 50.2 Å². The summed E-state index contributed by atoms with van der Waals surface area (Å²) in [4.78, 5) is 57.4. The molecule has 1 aliphatic heterocycles. The van der Waals surface area contributed by atoms with Crippen molar-refractivity contribution in [2.24, 2.45) is 17.3 Å². The minimum Gasteiger partial charge on any atom is -0.446 e. The third-order valence-electron chi connectivity index (χ3n) is 11.3. The second-order valence-electron chi connectivity index (χ2n) is 16.9. The van der Waals surface area contributed by atoms with Crippen LogP contribution in [0.2, 0.25) is 0 Å². The van der Waals surface area contributed by atoms with E-state index in [1.54, 1.807) is 6.92 Å². The van der Waals surface area contributed by atoms with E-state index in [1.165, 1.54) is 4.90 Å². The van der Waals surface area contributed by atoms with E-state index in [-0.39, 0.29) is 37.6 Å². The summed E-state index contributed by atoms with van der Waals surface area (Å²) < 4.78 is 46.7. The van der Waals surface area contributed by atoms with Gasteiger partial charge >= 0.3 is 6.09 Å². The molecule has 2 saturated carbocycles. The van der Waals surface area contributed by atoms with Crippen LogP contribution < -0.4 is 15.4 Å². The number of allylic oxidation sites excluding steroid dienone is 4. The number of sulfonamides is 1. The zero-order valence-corrected chi connectivity index (χ0v) is 34.3. The Balaban J connectivity index is 1.50. The van der Waals surface area contributed by atoms with Gasteiger partial charge in [-0.1, -0.05) is 96.5 Å². The number of alkyl carbamates (subject to hydrolysis) is 1. The summed E-state index contributed by atoms with van der Waals surface area (Å²) in [5, 5.41) is 5.00. The number of rotatable bonds is 15. The van der Waals surface area contributed by atoms with Crippen LogP contribution in [-0.2, 0) is 39.9 Å². The van der Waals surface area contributed by atoms with Gasteiger partial charge in [-0.2, -0.15) is 0 Å². The number of ether oxygens (including phenoxy) is 1. The van der Waals surface area contributed by atoms with Crippen LogP contribution in [0, 0.1) is 17.3 Å². The highest BCUT2D eigenvalue weighted by molar-refractivity contribution is 7.91. The van der Waals surface area contributed by atoms with Crippen LogP contribution >= 0.6 is 0 Å². The minimum absolute atomic E-state index is 0.0231. The lowest BCUT2D eigenvalue weighted by Crippen LogP contribution is -2.60. The lowest BCUT2D eigenvalue weighted by atomic mass is 9.82. The van der Waals surface area contributed by atoms with E-state index < -0.39 is 83.8 Å². The molecule has 3 N–H and O–H groups in total. The first-order valence-corrected chi connectivity index (χ1v) is 22.2. The summed E-state index contributed by atoms with van der Waals surface area (Å²) in [6, 6.07) is 7.66. The second-order valence-corrected chi connectivity index (χ2v) is 20.8. The number of carbonyl (C=O) groups is 4. The van der Waals surface area contributed by atoms with Gasteiger partial charge in [0.05, 0.1) is 10.00 Å². The summed E-state index contributed by atoms with van der Waals surface area (Å²) in [6.45, 7) is 13.0. The van der Waals surface area contributed by atoms with Crippen molar-refractivity contribution in [2.75, 3.05) is 12.3 Å². The van der Waals surface area contributed by atoms with Crippen molar-refractivity contribution in [2.45, 2.75) is 134 Å². The fraction of sp³-hybridized carbons (Fsp3) is 0.650. The third-order valence-corrected chi connectivity index (χ3v) is 15.3. The van der Waals surface area contributed by atoms with Gasteiger partial charge in [-0.3, -0.25) is 23.3 Å². The van der Waals surface area contributed by atoms with Gasteiger partial charge in [0.25, 0.3) is 5.91 Å². The van der Waals surface area contributed by atoms with Crippen molar-refractivity contribution in [3.05, 3.63) is 54.1 Å². The van der Waals surface area contributed by atoms with Gasteiger partial charge in [-0.05, 0) is 80.3 Å². The lowest BCUT2D eigenvalue weighted by Gasteiger charge is -2.38. The molecule has 0 radical (unpaired) electrons. The van der Waals surface area contributed by atoms with E-state index in [0.717, 1.165) is 17.6 Å². The molecule has 1 aromatic carbocycles. The highest BCUT2D eigenvalue weighted by Gasteiger charge is 2.59. The molecule has 12 nitrogen and oxygen atoms in total. The largest absolute Gasteiger partial charge is 0.446 e. The van der Waals surface area contributed by atoms with E-state index in [0.29, 0.717) is 31.4 Å². The molecule has 4 amide bonds. The average Bonchev–Trinajstić information content (AvgIpc) is 4.07. The Morgan fingerprint density at radius 1 is 1.06 bits per heavy atom. The first kappa shape index (κ1) is 41.6. The van der Waals surface area contributed by atoms with Crippen molar-refractivity contribution in [3.8, 4) is 0 Å². The van der Waals surface area contributed by atoms with Crippen molar-refractivity contribution in [1.82, 2.24) is 20.3 Å². The Hall–Kier alpha value is -3.52. The minimum atomic E-state index is -3.86. The molecule has 1 aromatic rings. The van der Waals surface area contributed by atoms with E-state index in [9.17, 15) is 31.8 Å². The van der Waals surface area contributed by atoms with Crippen molar-refractivity contribution in [1.29, 1.82) is 0 Å². The predicted octanol–water partition coefficient (Wildman–Crippen LogP) is 4.98. The molecule has 1 saturated heterocycles. The van der Waals surface area contributed by atoms with Crippen LogP contribution in [0.4, 0.5) is 4.79 Å². The zero-order chi connectivity index (χ0) is 39.6. The Bertz CT molecular complexity index is 1780. The molecule has 0 spiro atoms. The Morgan fingerprint density at radius 2 is 1.72 bits per heavy atom. The van der Waals surface area contributed by atoms with Gasteiger partial charge in [-0.15, -0.1) is 0 Å². The molecular formula is C40H58N4O8S2. The fourth-order valence-electron chi connectivity index (χ4n) is 7.12. The fourth-order valence-corrected chi connectivity index (χ4v) is 10.6. The van der Waals surface area contributed by atoms with E-state index >= 15 is 0 Å². The molecule has 4 aliphatic rings. The molecule has 3 fully saturated rings. The monoisotopic (exact) mass is 786 g/mol. The van der Waals surface area contributed by atoms with Crippen molar-refractivity contribution < 1.29 is 36.5 Å². The number of benzene rings is 1. The number of carbonyl (C=O) groups excluding carboxylic acids is 4. The van der Waals surface area contributed by atoms with Gasteiger partial charge in [0, 0.05) is 23.1 Å². The predicted molar refractivity (Wildman–Crippen MR) is 210 cm³/mol. The molecule has 3 aliphatic carbocycles. The third kappa shape index (κ3) is 9.29. The van der Waals surface area contributed by atoms with E-state index in [1.807, 2.05) is 84.0 Å². The van der Waals surface area contributed by atoms with E-state index in [2.05, 4.69) is 21.4 Å². The van der Waals surface area contributed by atoms with Crippen LogP contribution in [0.25, 0.3) is 5.57 Å². The average molecular weight is 787 g/mol. The highest BCUT2D eigenvalue weighted by atomic mass is 32.2. The quantitative estimate of drug-likeness (QED) is 0.224. The lowest BCUT2D eigenvalue weighted by molar-refractivity contribution is -0.142. The molecule has 5 rings (SSSR count). The first-order chi connectivity index (χ1) is 25.3. The molecule has 14 heteroatoms. The molecular weight excluding hydrogens is 729 g/mol. The smallest absolute Gasteiger partial charge is 0.408 e. The number of likely N-dealkylation sites (tertiary alicyclic amines) is 1. The van der Waals surface area contributed by atoms with Gasteiger partial charge in [-0.25, -0.2) is 13.2 Å². The van der Waals surface area contributed by atoms with Crippen LogP contribution in [0.1, 0.15) is 105 Å². The van der Waals surface area contributed by atoms with Crippen molar-refractivity contribution in [3.63, 3.8) is 0 Å². The molecule has 54 heavy (non-hydrogen) atoms. The number of nitrogens with one attached hydrogen (secondary N) is 3. The van der Waals surface area contributed by atoms with Gasteiger partial charge < -0.3 is 20.3 Å². The molecule has 6 atom stereocenters.